The van der Waals surface area contributed by atoms with E-state index in [0.29, 0.717) is 35.5 Å². The predicted molar refractivity (Wildman–Crippen MR) is 240 cm³/mol. The molecule has 2 saturated heterocycles. The molecule has 320 valence electrons. The van der Waals surface area contributed by atoms with E-state index in [2.05, 4.69) is 51.1 Å². The van der Waals surface area contributed by atoms with Gasteiger partial charge in [0, 0.05) is 86.9 Å². The van der Waals surface area contributed by atoms with Crippen molar-refractivity contribution < 1.29 is 27.6 Å². The number of ether oxygens (including phenoxy) is 2. The number of hydrogen-bond donors (Lipinski definition) is 3. The summed E-state index contributed by atoms with van der Waals surface area (Å²) in [7, 11) is -3.58. The highest BCUT2D eigenvalue weighted by atomic mass is 35.5. The lowest BCUT2D eigenvalue weighted by Crippen LogP contribution is -2.47. The highest BCUT2D eigenvalue weighted by molar-refractivity contribution is 7.75. The van der Waals surface area contributed by atoms with Gasteiger partial charge in [-0.05, 0) is 103 Å². The number of piperazine rings is 1. The summed E-state index contributed by atoms with van der Waals surface area (Å²) in [6.45, 7) is 10.4. The second kappa shape index (κ2) is 18.2. The molecular weight excluding hydrogens is 818 g/mol. The molecule has 0 bridgehead atoms. The van der Waals surface area contributed by atoms with Gasteiger partial charge in [-0.1, -0.05) is 43.2 Å². The van der Waals surface area contributed by atoms with Crippen LogP contribution in [0.15, 0.2) is 90.8 Å². The third-order valence-corrected chi connectivity index (χ3v) is 13.0. The maximum atomic E-state index is 14.4. The lowest BCUT2D eigenvalue weighted by molar-refractivity contribution is -0.383. The quantitative estimate of drug-likeness (QED) is 0.0589. The number of benzene rings is 3. The first kappa shape index (κ1) is 42.2. The van der Waals surface area contributed by atoms with Crippen LogP contribution in [0.4, 0.5) is 22.7 Å². The number of fused-ring (bicyclic) bond motifs is 1. The second-order valence-electron chi connectivity index (χ2n) is 16.8. The molecule has 1 amide bonds. The molecule has 1 aliphatic carbocycles. The monoisotopic (exact) mass is 867 g/mol. The molecule has 61 heavy (non-hydrogen) atoms. The van der Waals surface area contributed by atoms with Crippen LogP contribution in [0.25, 0.3) is 16.6 Å². The van der Waals surface area contributed by atoms with E-state index in [1.165, 1.54) is 35.0 Å². The summed E-state index contributed by atoms with van der Waals surface area (Å²) in [6, 6.07) is 20.8. The molecule has 0 radical (unpaired) electrons. The van der Waals surface area contributed by atoms with Gasteiger partial charge in [0.1, 0.15) is 22.8 Å². The molecule has 2 N–H and O–H groups in total. The number of pyridine rings is 1. The van der Waals surface area contributed by atoms with E-state index in [1.54, 1.807) is 30.5 Å². The van der Waals surface area contributed by atoms with Gasteiger partial charge >= 0.3 is 0 Å². The zero-order chi connectivity index (χ0) is 42.7. The normalized spacial score (nSPS) is 17.5. The fourth-order valence-electron chi connectivity index (χ4n) is 8.53. The van der Waals surface area contributed by atoms with Gasteiger partial charge in [0.2, 0.25) is 10.9 Å². The van der Waals surface area contributed by atoms with Gasteiger partial charge in [-0.3, -0.25) is 19.8 Å². The molecule has 4 heterocycles. The Balaban J connectivity index is 1.05. The summed E-state index contributed by atoms with van der Waals surface area (Å²) < 4.78 is 38.2. The van der Waals surface area contributed by atoms with Crippen molar-refractivity contribution >= 4 is 67.8 Å². The van der Waals surface area contributed by atoms with Gasteiger partial charge in [-0.25, -0.2) is 17.7 Å². The minimum Gasteiger partial charge on any atom is -0.455 e. The maximum absolute atomic E-state index is 14.4. The number of carbonyl (C=O) groups is 1. The Labute approximate surface area is 361 Å². The second-order valence-corrected chi connectivity index (χ2v) is 18.1. The van der Waals surface area contributed by atoms with Crippen molar-refractivity contribution in [1.29, 1.82) is 0 Å². The van der Waals surface area contributed by atoms with Crippen molar-refractivity contribution in [2.24, 2.45) is 11.3 Å². The van der Waals surface area contributed by atoms with Crippen LogP contribution in [0.3, 0.4) is 0 Å². The lowest BCUT2D eigenvalue weighted by atomic mass is 9.72. The van der Waals surface area contributed by atoms with Crippen LogP contribution in [0, 0.1) is 21.4 Å². The number of H-pyrrole nitrogens is 1. The van der Waals surface area contributed by atoms with Crippen molar-refractivity contribution in [3.05, 3.63) is 117 Å². The molecule has 2 aliphatic heterocycles. The number of thiol groups is 1. The van der Waals surface area contributed by atoms with Crippen LogP contribution < -0.4 is 19.3 Å². The first-order valence-electron chi connectivity index (χ1n) is 20.7. The molecule has 5 aromatic rings. The average Bonchev–Trinajstić information content (AvgIpc) is 3.73. The number of aromatic nitrogens is 2. The van der Waals surface area contributed by atoms with Gasteiger partial charge in [-0.15, -0.1) is 0 Å². The third kappa shape index (κ3) is 9.86. The molecule has 8 rings (SSSR count). The number of nitrogens with one attached hydrogen (secondary N) is 2. The fourth-order valence-corrected chi connectivity index (χ4v) is 9.22. The zero-order valence-corrected chi connectivity index (χ0v) is 35.9. The zero-order valence-electron chi connectivity index (χ0n) is 34.3. The summed E-state index contributed by atoms with van der Waals surface area (Å²) in [5.41, 5.74) is 5.47. The number of aromatic amines is 1. The van der Waals surface area contributed by atoms with Crippen molar-refractivity contribution in [2.75, 3.05) is 67.0 Å². The molecule has 3 aromatic carbocycles. The lowest BCUT2D eigenvalue weighted by Gasteiger charge is -2.39. The van der Waals surface area contributed by atoms with E-state index in [9.17, 15) is 23.3 Å². The first-order valence-corrected chi connectivity index (χ1v) is 22.2. The topological polar surface area (TPSA) is 163 Å². The first-order chi connectivity index (χ1) is 29.4. The van der Waals surface area contributed by atoms with Gasteiger partial charge in [0.25, 0.3) is 11.6 Å². The number of allylic oxidation sites excluding steroid dienone is 1. The summed E-state index contributed by atoms with van der Waals surface area (Å²) >= 11 is 6.24. The summed E-state index contributed by atoms with van der Waals surface area (Å²) in [6.07, 6.45) is 8.13. The van der Waals surface area contributed by atoms with Crippen LogP contribution in [0.5, 0.6) is 11.5 Å². The standard InChI is InChI=1S/C45H50ClN7O7S/c1-45(2)15-11-33(39(26-45)31-3-5-34(46)6-4-31)29-50-17-19-51(20-18-50)35-7-9-38(42(25-35)60-37-23-32-12-16-47-43(32)49-28-37)44(54)52(61(57)58)36-8-10-40(41(24-36)53(55)56)48-27-30-13-21-59-22-14-30/h3-10,12,16,23-25,28,30,48,61H,11,13-15,17-22,26-27,29H2,1-2H3,(H,47,49). The summed E-state index contributed by atoms with van der Waals surface area (Å²) in [5, 5.41) is 16.9. The molecule has 2 fully saturated rings. The Morgan fingerprint density at radius 2 is 1.82 bits per heavy atom. The van der Waals surface area contributed by atoms with E-state index >= 15 is 0 Å². The van der Waals surface area contributed by atoms with E-state index in [0.717, 1.165) is 87.0 Å². The van der Waals surface area contributed by atoms with Crippen molar-refractivity contribution in [2.45, 2.75) is 46.0 Å². The Hall–Kier alpha value is -5.48. The molecule has 3 aliphatic rings. The largest absolute Gasteiger partial charge is 0.455 e. The van der Waals surface area contributed by atoms with Crippen LogP contribution in [0.1, 0.15) is 61.9 Å². The van der Waals surface area contributed by atoms with Gasteiger partial charge in [0.05, 0.1) is 22.4 Å². The number of halogens is 1. The maximum Gasteiger partial charge on any atom is 0.294 e. The van der Waals surface area contributed by atoms with E-state index < -0.39 is 21.7 Å². The Morgan fingerprint density at radius 1 is 1.05 bits per heavy atom. The van der Waals surface area contributed by atoms with Crippen LogP contribution in [0.2, 0.25) is 5.02 Å². The number of carbonyl (C=O) groups excluding carboxylic acids is 1. The average molecular weight is 868 g/mol. The number of nitro groups is 1. The van der Waals surface area contributed by atoms with Crippen LogP contribution in [-0.4, -0.2) is 86.6 Å². The smallest absolute Gasteiger partial charge is 0.294 e. The van der Waals surface area contributed by atoms with E-state index in [-0.39, 0.29) is 39.7 Å². The number of amides is 1. The number of nitro benzene ring substituents is 1. The predicted octanol–water partition coefficient (Wildman–Crippen LogP) is 8.71. The molecule has 0 atom stereocenters. The number of hydrogen-bond acceptors (Lipinski definition) is 11. The third-order valence-electron chi connectivity index (χ3n) is 12.0. The van der Waals surface area contributed by atoms with Crippen molar-refractivity contribution in [3.63, 3.8) is 0 Å². The van der Waals surface area contributed by atoms with E-state index in [4.69, 9.17) is 21.1 Å². The summed E-state index contributed by atoms with van der Waals surface area (Å²) in [4.78, 5) is 38.2. The minimum absolute atomic E-state index is 0.0398. The number of anilines is 3. The Morgan fingerprint density at radius 3 is 2.56 bits per heavy atom. The summed E-state index contributed by atoms with van der Waals surface area (Å²) in [5.74, 6) is -0.176. The van der Waals surface area contributed by atoms with Crippen molar-refractivity contribution in [1.82, 2.24) is 14.9 Å². The molecule has 2 aromatic heterocycles. The molecule has 16 heteroatoms. The van der Waals surface area contributed by atoms with Gasteiger partial charge in [0.15, 0.2) is 0 Å². The van der Waals surface area contributed by atoms with Gasteiger partial charge in [-0.2, -0.15) is 0 Å². The highest BCUT2D eigenvalue weighted by Gasteiger charge is 2.31. The number of nitrogens with zero attached hydrogens (tertiary/aromatic N) is 5. The SMILES string of the molecule is CC1(C)CCC(CN2CCN(c3ccc(C(=O)N(c4ccc(NCC5CCOCC5)c([N+](=O)[O-])c4)[SH](=O)=O)c(Oc4cnc5[nH]ccc5c4)c3)CC2)=C(c2ccc(Cl)cc2)C1. The molecule has 0 saturated carbocycles. The Bertz CT molecular complexity index is 2520. The van der Waals surface area contributed by atoms with Crippen LogP contribution in [-0.2, 0) is 15.6 Å². The fraction of sp³-hybridized carbons (Fsp3) is 0.378. The van der Waals surface area contributed by atoms with E-state index in [1.807, 2.05) is 18.2 Å². The molecule has 0 unspecified atom stereocenters. The van der Waals surface area contributed by atoms with Crippen LogP contribution >= 0.6 is 11.6 Å². The highest BCUT2D eigenvalue weighted by Crippen LogP contribution is 2.44. The van der Waals surface area contributed by atoms with Crippen molar-refractivity contribution in [3.8, 4) is 11.5 Å². The minimum atomic E-state index is -3.58. The Kier molecular flexibility index (Phi) is 12.6. The number of rotatable bonds is 13. The van der Waals surface area contributed by atoms with Gasteiger partial charge < -0.3 is 24.7 Å². The molecule has 0 spiro atoms. The molecule has 14 nitrogen and oxygen atoms in total. The molecular formula is C45H50ClN7O7S.